The molecule has 1 saturated carbocycles. The average Bonchev–Trinajstić information content (AvgIpc) is 2.21. The maximum Gasteiger partial charge on any atom is 0.213 e. The molecule has 16 heavy (non-hydrogen) atoms. The predicted octanol–water partition coefficient (Wildman–Crippen LogP) is 2.51. The Kier molecular flexibility index (Phi) is 3.78. The van der Waals surface area contributed by atoms with Gasteiger partial charge in [-0.2, -0.15) is 0 Å². The van der Waals surface area contributed by atoms with Gasteiger partial charge < -0.3 is 10.1 Å². The van der Waals surface area contributed by atoms with Crippen molar-refractivity contribution in [3.8, 4) is 5.88 Å². The van der Waals surface area contributed by atoms with Crippen LogP contribution in [0.2, 0.25) is 0 Å². The molecule has 0 amide bonds. The molecule has 0 saturated heterocycles. The Labute approximate surface area is 97.2 Å². The summed E-state index contributed by atoms with van der Waals surface area (Å²) in [5, 5.41) is 3.35. The van der Waals surface area contributed by atoms with Crippen molar-refractivity contribution in [2.45, 2.75) is 51.8 Å². The van der Waals surface area contributed by atoms with E-state index in [2.05, 4.69) is 24.1 Å². The highest BCUT2D eigenvalue weighted by Gasteiger charge is 2.19. The van der Waals surface area contributed by atoms with Gasteiger partial charge in [0.05, 0.1) is 5.69 Å². The summed E-state index contributed by atoms with van der Waals surface area (Å²) in [6.07, 6.45) is 4.05. The number of hydrogen-bond acceptors (Lipinski definition) is 3. The van der Waals surface area contributed by atoms with Gasteiger partial charge >= 0.3 is 0 Å². The van der Waals surface area contributed by atoms with E-state index < -0.39 is 0 Å². The van der Waals surface area contributed by atoms with Gasteiger partial charge in [0.15, 0.2) is 0 Å². The number of nitrogens with one attached hydrogen (secondary N) is 1. The van der Waals surface area contributed by atoms with E-state index in [9.17, 15) is 0 Å². The SMILES string of the molecule is CC(C)NCc1cccc(OC2CCC2)n1. The molecule has 0 spiro atoms. The lowest BCUT2D eigenvalue weighted by Gasteiger charge is -2.25. The van der Waals surface area contributed by atoms with Gasteiger partial charge in [-0.15, -0.1) is 0 Å². The number of ether oxygens (including phenoxy) is 1. The van der Waals surface area contributed by atoms with Gasteiger partial charge in [-0.1, -0.05) is 19.9 Å². The fraction of sp³-hybridized carbons (Fsp3) is 0.615. The van der Waals surface area contributed by atoms with Crippen LogP contribution in [0.4, 0.5) is 0 Å². The first kappa shape index (κ1) is 11.4. The fourth-order valence-electron chi connectivity index (χ4n) is 1.59. The van der Waals surface area contributed by atoms with Crippen molar-refractivity contribution in [1.29, 1.82) is 0 Å². The number of rotatable bonds is 5. The maximum absolute atomic E-state index is 5.76. The molecule has 1 aromatic rings. The van der Waals surface area contributed by atoms with Crippen molar-refractivity contribution in [3.63, 3.8) is 0 Å². The van der Waals surface area contributed by atoms with Crippen LogP contribution in [0.15, 0.2) is 18.2 Å². The van der Waals surface area contributed by atoms with Crippen molar-refractivity contribution in [2.24, 2.45) is 0 Å². The smallest absolute Gasteiger partial charge is 0.213 e. The molecule has 2 rings (SSSR count). The highest BCUT2D eigenvalue weighted by atomic mass is 16.5. The zero-order valence-corrected chi connectivity index (χ0v) is 10.1. The van der Waals surface area contributed by atoms with Crippen LogP contribution in [0, 0.1) is 0 Å². The van der Waals surface area contributed by atoms with Crippen LogP contribution in [0.5, 0.6) is 5.88 Å². The quantitative estimate of drug-likeness (QED) is 0.828. The Bertz CT molecular complexity index is 334. The van der Waals surface area contributed by atoms with E-state index in [4.69, 9.17) is 4.74 Å². The summed E-state index contributed by atoms with van der Waals surface area (Å²) in [7, 11) is 0. The molecule has 0 aromatic carbocycles. The summed E-state index contributed by atoms with van der Waals surface area (Å²) < 4.78 is 5.76. The van der Waals surface area contributed by atoms with Crippen LogP contribution in [0.1, 0.15) is 38.8 Å². The van der Waals surface area contributed by atoms with E-state index in [0.29, 0.717) is 12.1 Å². The third-order valence-corrected chi connectivity index (χ3v) is 2.81. The summed E-state index contributed by atoms with van der Waals surface area (Å²) in [5.74, 6) is 0.771. The topological polar surface area (TPSA) is 34.1 Å². The third kappa shape index (κ3) is 3.20. The summed E-state index contributed by atoms with van der Waals surface area (Å²) in [4.78, 5) is 4.48. The second kappa shape index (κ2) is 5.30. The standard InChI is InChI=1S/C13H20N2O/c1-10(2)14-9-11-5-3-8-13(15-11)16-12-6-4-7-12/h3,5,8,10,12,14H,4,6-7,9H2,1-2H3. The second-order valence-corrected chi connectivity index (χ2v) is 4.67. The van der Waals surface area contributed by atoms with Crippen LogP contribution in [0.3, 0.4) is 0 Å². The first-order valence-electron chi connectivity index (χ1n) is 6.10. The molecular weight excluding hydrogens is 200 g/mol. The van der Waals surface area contributed by atoms with E-state index in [1.165, 1.54) is 19.3 Å². The van der Waals surface area contributed by atoms with Gasteiger partial charge in [0, 0.05) is 18.7 Å². The van der Waals surface area contributed by atoms with Crippen molar-refractivity contribution in [3.05, 3.63) is 23.9 Å². The van der Waals surface area contributed by atoms with Gasteiger partial charge in [-0.25, -0.2) is 4.98 Å². The molecule has 0 unspecified atom stereocenters. The Morgan fingerprint density at radius 1 is 1.44 bits per heavy atom. The molecular formula is C13H20N2O. The van der Waals surface area contributed by atoms with Crippen molar-refractivity contribution in [1.82, 2.24) is 10.3 Å². The zero-order valence-electron chi connectivity index (χ0n) is 10.1. The van der Waals surface area contributed by atoms with E-state index in [1.54, 1.807) is 0 Å². The highest BCUT2D eigenvalue weighted by Crippen LogP contribution is 2.23. The molecule has 3 nitrogen and oxygen atoms in total. The minimum atomic E-state index is 0.404. The number of aromatic nitrogens is 1. The van der Waals surface area contributed by atoms with Crippen LogP contribution in [-0.2, 0) is 6.54 Å². The fourth-order valence-corrected chi connectivity index (χ4v) is 1.59. The normalized spacial score (nSPS) is 16.2. The lowest BCUT2D eigenvalue weighted by molar-refractivity contribution is 0.114. The molecule has 0 bridgehead atoms. The molecule has 1 aliphatic carbocycles. The van der Waals surface area contributed by atoms with Crippen molar-refractivity contribution in [2.75, 3.05) is 0 Å². The molecule has 3 heteroatoms. The lowest BCUT2D eigenvalue weighted by atomic mass is 9.96. The second-order valence-electron chi connectivity index (χ2n) is 4.67. The molecule has 1 N–H and O–H groups in total. The van der Waals surface area contributed by atoms with Gasteiger partial charge in [-0.05, 0) is 25.3 Å². The predicted molar refractivity (Wildman–Crippen MR) is 64.5 cm³/mol. The monoisotopic (exact) mass is 220 g/mol. The van der Waals surface area contributed by atoms with Crippen LogP contribution in [0.25, 0.3) is 0 Å². The Balaban J connectivity index is 1.90. The number of nitrogens with zero attached hydrogens (tertiary/aromatic N) is 1. The maximum atomic E-state index is 5.76. The molecule has 1 aliphatic rings. The van der Waals surface area contributed by atoms with E-state index in [0.717, 1.165) is 18.1 Å². The number of pyridine rings is 1. The van der Waals surface area contributed by atoms with Gasteiger partial charge in [0.2, 0.25) is 5.88 Å². The Morgan fingerprint density at radius 2 is 2.25 bits per heavy atom. The van der Waals surface area contributed by atoms with Crippen molar-refractivity contribution >= 4 is 0 Å². The minimum absolute atomic E-state index is 0.404. The van der Waals surface area contributed by atoms with Crippen LogP contribution in [-0.4, -0.2) is 17.1 Å². The summed E-state index contributed by atoms with van der Waals surface area (Å²) in [5.41, 5.74) is 1.05. The first-order valence-corrected chi connectivity index (χ1v) is 6.10. The molecule has 1 fully saturated rings. The largest absolute Gasteiger partial charge is 0.474 e. The molecule has 1 heterocycles. The van der Waals surface area contributed by atoms with E-state index >= 15 is 0 Å². The van der Waals surface area contributed by atoms with Crippen LogP contribution < -0.4 is 10.1 Å². The third-order valence-electron chi connectivity index (χ3n) is 2.81. The summed E-state index contributed by atoms with van der Waals surface area (Å²) in [6, 6.07) is 6.47. The molecule has 88 valence electrons. The first-order chi connectivity index (χ1) is 7.74. The van der Waals surface area contributed by atoms with Gasteiger partial charge in [0.1, 0.15) is 6.10 Å². The molecule has 0 atom stereocenters. The minimum Gasteiger partial charge on any atom is -0.474 e. The van der Waals surface area contributed by atoms with E-state index in [-0.39, 0.29) is 0 Å². The number of hydrogen-bond donors (Lipinski definition) is 1. The Morgan fingerprint density at radius 3 is 2.88 bits per heavy atom. The van der Waals surface area contributed by atoms with Gasteiger partial charge in [-0.3, -0.25) is 0 Å². The lowest BCUT2D eigenvalue weighted by Crippen LogP contribution is -2.25. The highest BCUT2D eigenvalue weighted by molar-refractivity contribution is 5.16. The molecule has 0 radical (unpaired) electrons. The van der Waals surface area contributed by atoms with Crippen LogP contribution >= 0.6 is 0 Å². The van der Waals surface area contributed by atoms with E-state index in [1.807, 2.05) is 18.2 Å². The average molecular weight is 220 g/mol. The Hall–Kier alpha value is -1.09. The zero-order chi connectivity index (χ0) is 11.4. The summed E-state index contributed by atoms with van der Waals surface area (Å²) >= 11 is 0. The van der Waals surface area contributed by atoms with Crippen molar-refractivity contribution < 1.29 is 4.74 Å². The molecule has 0 aliphatic heterocycles. The van der Waals surface area contributed by atoms with Gasteiger partial charge in [0.25, 0.3) is 0 Å². The summed E-state index contributed by atoms with van der Waals surface area (Å²) in [6.45, 7) is 5.07. The molecule has 1 aromatic heterocycles.